The Morgan fingerprint density at radius 3 is 2.59 bits per heavy atom. The second kappa shape index (κ2) is 13.9. The summed E-state index contributed by atoms with van der Waals surface area (Å²) in [6, 6.07) is 14.5. The van der Waals surface area contributed by atoms with Crippen LogP contribution in [0.25, 0.3) is 0 Å². The number of nitrogens with zero attached hydrogens (tertiary/aromatic N) is 1. The van der Waals surface area contributed by atoms with Crippen molar-refractivity contribution >= 4 is 41.5 Å². The molecule has 0 heterocycles. The monoisotopic (exact) mass is 512 g/mol. The summed E-state index contributed by atoms with van der Waals surface area (Å²) in [5.41, 5.74) is 2.46. The van der Waals surface area contributed by atoms with Gasteiger partial charge in [-0.25, -0.2) is 9.38 Å². The second-order valence-electron chi connectivity index (χ2n) is 6.46. The second-order valence-corrected chi connectivity index (χ2v) is 6.46. The molecule has 1 amide bonds. The van der Waals surface area contributed by atoms with E-state index in [0.29, 0.717) is 37.5 Å². The summed E-state index contributed by atoms with van der Waals surface area (Å²) in [5.74, 6) is 0.513. The maximum absolute atomic E-state index is 13.7. The zero-order valence-electron chi connectivity index (χ0n) is 17.0. The van der Waals surface area contributed by atoms with E-state index in [9.17, 15) is 9.18 Å². The molecular formula is C22H30FIN4O. The van der Waals surface area contributed by atoms with Gasteiger partial charge in [-0.1, -0.05) is 37.3 Å². The third-order valence-electron chi connectivity index (χ3n) is 4.10. The summed E-state index contributed by atoms with van der Waals surface area (Å²) in [6.07, 6.45) is 1.91. The van der Waals surface area contributed by atoms with Crippen LogP contribution < -0.4 is 16.0 Å². The first-order valence-corrected chi connectivity index (χ1v) is 9.76. The molecule has 0 bridgehead atoms. The van der Waals surface area contributed by atoms with Crippen molar-refractivity contribution in [3.63, 3.8) is 0 Å². The summed E-state index contributed by atoms with van der Waals surface area (Å²) in [6.45, 7) is 5.77. The molecule has 2 aromatic rings. The molecule has 2 aromatic carbocycles. The molecule has 5 nitrogen and oxygen atoms in total. The van der Waals surface area contributed by atoms with E-state index in [0.717, 1.165) is 24.2 Å². The molecule has 0 radical (unpaired) electrons. The fourth-order valence-corrected chi connectivity index (χ4v) is 2.73. The number of rotatable bonds is 9. The Morgan fingerprint density at radius 2 is 1.86 bits per heavy atom. The SMILES string of the molecule is CCCC(=O)Nc1cccc(CN=C(NCC)NCCc2ccccc2F)c1.I. The first-order valence-electron chi connectivity index (χ1n) is 9.76. The van der Waals surface area contributed by atoms with Crippen molar-refractivity contribution in [1.82, 2.24) is 10.6 Å². The van der Waals surface area contributed by atoms with E-state index < -0.39 is 0 Å². The molecule has 0 aromatic heterocycles. The van der Waals surface area contributed by atoms with Crippen molar-refractivity contribution in [1.29, 1.82) is 0 Å². The van der Waals surface area contributed by atoms with Crippen molar-refractivity contribution in [2.75, 3.05) is 18.4 Å². The zero-order valence-corrected chi connectivity index (χ0v) is 19.3. The van der Waals surface area contributed by atoms with Gasteiger partial charge in [0.05, 0.1) is 6.54 Å². The molecule has 0 unspecified atom stereocenters. The van der Waals surface area contributed by atoms with Gasteiger partial charge in [-0.05, 0) is 49.1 Å². The van der Waals surface area contributed by atoms with E-state index in [2.05, 4.69) is 20.9 Å². The Labute approximate surface area is 189 Å². The molecule has 0 aliphatic heterocycles. The van der Waals surface area contributed by atoms with Crippen LogP contribution in [0, 0.1) is 5.82 Å². The van der Waals surface area contributed by atoms with Crippen LogP contribution in [0.5, 0.6) is 0 Å². The minimum atomic E-state index is -0.187. The van der Waals surface area contributed by atoms with E-state index in [4.69, 9.17) is 0 Å². The van der Waals surface area contributed by atoms with E-state index >= 15 is 0 Å². The molecule has 29 heavy (non-hydrogen) atoms. The maximum atomic E-state index is 13.7. The Morgan fingerprint density at radius 1 is 1.07 bits per heavy atom. The van der Waals surface area contributed by atoms with Gasteiger partial charge in [0.25, 0.3) is 0 Å². The van der Waals surface area contributed by atoms with Gasteiger partial charge in [0.15, 0.2) is 5.96 Å². The van der Waals surface area contributed by atoms with Gasteiger partial charge >= 0.3 is 0 Å². The summed E-state index contributed by atoms with van der Waals surface area (Å²) in [5, 5.41) is 9.32. The highest BCUT2D eigenvalue weighted by atomic mass is 127. The van der Waals surface area contributed by atoms with Crippen molar-refractivity contribution in [3.8, 4) is 0 Å². The number of hydrogen-bond donors (Lipinski definition) is 3. The third-order valence-corrected chi connectivity index (χ3v) is 4.10. The fraction of sp³-hybridized carbons (Fsp3) is 0.364. The number of hydrogen-bond acceptors (Lipinski definition) is 2. The molecule has 0 fully saturated rings. The van der Waals surface area contributed by atoms with Crippen molar-refractivity contribution in [2.24, 2.45) is 4.99 Å². The van der Waals surface area contributed by atoms with Crippen LogP contribution in [0.15, 0.2) is 53.5 Å². The van der Waals surface area contributed by atoms with Crippen LogP contribution in [0.1, 0.15) is 37.8 Å². The number of guanidine groups is 1. The van der Waals surface area contributed by atoms with E-state index in [1.165, 1.54) is 6.07 Å². The van der Waals surface area contributed by atoms with Crippen LogP contribution in [0.3, 0.4) is 0 Å². The average molecular weight is 512 g/mol. The smallest absolute Gasteiger partial charge is 0.224 e. The molecule has 3 N–H and O–H groups in total. The van der Waals surface area contributed by atoms with Gasteiger partial charge in [0.1, 0.15) is 5.82 Å². The van der Waals surface area contributed by atoms with Crippen LogP contribution in [0.4, 0.5) is 10.1 Å². The summed E-state index contributed by atoms with van der Waals surface area (Å²) >= 11 is 0. The lowest BCUT2D eigenvalue weighted by molar-refractivity contribution is -0.116. The lowest BCUT2D eigenvalue weighted by atomic mass is 10.1. The third kappa shape index (κ3) is 9.25. The Bertz CT molecular complexity index is 798. The largest absolute Gasteiger partial charge is 0.357 e. The maximum Gasteiger partial charge on any atom is 0.224 e. The predicted molar refractivity (Wildman–Crippen MR) is 128 cm³/mol. The molecule has 0 saturated carbocycles. The fourth-order valence-electron chi connectivity index (χ4n) is 2.73. The van der Waals surface area contributed by atoms with Crippen LogP contribution in [-0.4, -0.2) is 25.0 Å². The number of carbonyl (C=O) groups is 1. The molecule has 7 heteroatoms. The van der Waals surface area contributed by atoms with Gasteiger partial charge in [0, 0.05) is 25.2 Å². The first kappa shape index (κ1) is 24.9. The average Bonchev–Trinajstić information content (AvgIpc) is 2.68. The lowest BCUT2D eigenvalue weighted by Crippen LogP contribution is -2.38. The lowest BCUT2D eigenvalue weighted by Gasteiger charge is -2.12. The topological polar surface area (TPSA) is 65.5 Å². The Kier molecular flexibility index (Phi) is 11.9. The van der Waals surface area contributed by atoms with Gasteiger partial charge in [-0.2, -0.15) is 0 Å². The zero-order chi connectivity index (χ0) is 20.2. The van der Waals surface area contributed by atoms with Crippen molar-refractivity contribution in [2.45, 2.75) is 39.7 Å². The molecule has 2 rings (SSSR count). The molecule has 0 spiro atoms. The number of carbonyl (C=O) groups excluding carboxylic acids is 1. The van der Waals surface area contributed by atoms with Crippen molar-refractivity contribution < 1.29 is 9.18 Å². The molecule has 0 saturated heterocycles. The number of benzene rings is 2. The van der Waals surface area contributed by atoms with Crippen LogP contribution >= 0.6 is 24.0 Å². The highest BCUT2D eigenvalue weighted by molar-refractivity contribution is 14.0. The Balaban J connectivity index is 0.00000420. The number of nitrogens with one attached hydrogen (secondary N) is 3. The highest BCUT2D eigenvalue weighted by Gasteiger charge is 2.04. The number of anilines is 1. The summed E-state index contributed by atoms with van der Waals surface area (Å²) in [7, 11) is 0. The molecule has 0 aliphatic rings. The summed E-state index contributed by atoms with van der Waals surface area (Å²) < 4.78 is 13.7. The van der Waals surface area contributed by atoms with Gasteiger partial charge < -0.3 is 16.0 Å². The van der Waals surface area contributed by atoms with Gasteiger partial charge in [-0.15, -0.1) is 24.0 Å². The number of aliphatic imine (C=N–C) groups is 1. The highest BCUT2D eigenvalue weighted by Crippen LogP contribution is 2.12. The van der Waals surface area contributed by atoms with Gasteiger partial charge in [-0.3, -0.25) is 4.79 Å². The molecule has 158 valence electrons. The van der Waals surface area contributed by atoms with Gasteiger partial charge in [0.2, 0.25) is 5.91 Å². The van der Waals surface area contributed by atoms with E-state index in [-0.39, 0.29) is 35.7 Å². The first-order chi connectivity index (χ1) is 13.6. The van der Waals surface area contributed by atoms with E-state index in [1.807, 2.05) is 44.2 Å². The van der Waals surface area contributed by atoms with Crippen LogP contribution in [0.2, 0.25) is 0 Å². The number of amides is 1. The molecule has 0 aliphatic carbocycles. The molecular weight excluding hydrogens is 482 g/mol. The Hall–Kier alpha value is -2.16. The molecule has 0 atom stereocenters. The van der Waals surface area contributed by atoms with Crippen LogP contribution in [-0.2, 0) is 17.8 Å². The summed E-state index contributed by atoms with van der Waals surface area (Å²) in [4.78, 5) is 16.3. The minimum Gasteiger partial charge on any atom is -0.357 e. The van der Waals surface area contributed by atoms with Crippen molar-refractivity contribution in [3.05, 3.63) is 65.5 Å². The standard InChI is InChI=1S/C22H29FN4O.HI/c1-3-8-21(28)27-19-11-7-9-17(15-19)16-26-22(24-4-2)25-14-13-18-10-5-6-12-20(18)23;/h5-7,9-12,15H,3-4,8,13-14,16H2,1-2H3,(H,27,28)(H2,24,25,26);1H. The minimum absolute atomic E-state index is 0. The predicted octanol–water partition coefficient (Wildman–Crippen LogP) is 4.48. The number of halogens is 2. The normalized spacial score (nSPS) is 10.8. The quantitative estimate of drug-likeness (QED) is 0.264. The van der Waals surface area contributed by atoms with E-state index in [1.54, 1.807) is 12.1 Å².